The van der Waals surface area contributed by atoms with Gasteiger partial charge in [0.05, 0.1) is 25.0 Å². The Balaban J connectivity index is 0.00000300. The van der Waals surface area contributed by atoms with Crippen molar-refractivity contribution in [2.24, 2.45) is 4.99 Å². The molecule has 0 saturated carbocycles. The topological polar surface area (TPSA) is 88.5 Å². The molecule has 3 rings (SSSR count). The van der Waals surface area contributed by atoms with Crippen LogP contribution in [0.1, 0.15) is 43.7 Å². The molecule has 2 heterocycles. The minimum absolute atomic E-state index is 0. The molecule has 0 saturated heterocycles. The van der Waals surface area contributed by atoms with E-state index < -0.39 is 0 Å². The first-order chi connectivity index (χ1) is 13.3. The van der Waals surface area contributed by atoms with Crippen LogP contribution in [-0.2, 0) is 18.5 Å². The monoisotopic (exact) mass is 509 g/mol. The number of aryl methyl sites for hydroxylation is 1. The Bertz CT molecular complexity index is 939. The summed E-state index contributed by atoms with van der Waals surface area (Å²) < 4.78 is 11.4. The van der Waals surface area contributed by atoms with E-state index in [1.54, 1.807) is 19.5 Å². The molecule has 0 aliphatic heterocycles. The third kappa shape index (κ3) is 6.31. The van der Waals surface area contributed by atoms with Gasteiger partial charge in [-0.05, 0) is 19.1 Å². The summed E-state index contributed by atoms with van der Waals surface area (Å²) in [7, 11) is 1.71. The van der Waals surface area contributed by atoms with Crippen molar-refractivity contribution < 1.29 is 8.83 Å². The molecule has 0 bridgehead atoms. The van der Waals surface area contributed by atoms with Gasteiger partial charge in [-0.1, -0.05) is 38.5 Å². The van der Waals surface area contributed by atoms with Gasteiger partial charge < -0.3 is 19.5 Å². The van der Waals surface area contributed by atoms with E-state index in [4.69, 9.17) is 8.83 Å². The van der Waals surface area contributed by atoms with E-state index in [1.165, 1.54) is 5.56 Å². The Kier molecular flexibility index (Phi) is 7.83. The fraction of sp³-hybridized carbons (Fsp3) is 0.381. The van der Waals surface area contributed by atoms with E-state index in [0.717, 1.165) is 17.0 Å². The average Bonchev–Trinajstić information content (AvgIpc) is 3.32. The molecule has 2 N–H and O–H groups in total. The highest BCUT2D eigenvalue weighted by molar-refractivity contribution is 14.0. The number of oxazole rings is 2. The first-order valence-corrected chi connectivity index (χ1v) is 9.26. The van der Waals surface area contributed by atoms with E-state index >= 15 is 0 Å². The number of halogens is 1. The fourth-order valence-corrected chi connectivity index (χ4v) is 2.51. The molecule has 29 heavy (non-hydrogen) atoms. The molecule has 156 valence electrons. The minimum Gasteiger partial charge on any atom is -0.444 e. The lowest BCUT2D eigenvalue weighted by Crippen LogP contribution is -2.36. The molecular formula is C21H28IN5O2. The number of hydrogen-bond donors (Lipinski definition) is 2. The zero-order chi connectivity index (χ0) is 20.1. The molecule has 0 aliphatic rings. The SMILES string of the molecule is CN=C(NCc1coc(-c2ccc(C)cc2)n1)NCc1ncc(C(C)(C)C)o1.I. The molecule has 0 amide bonds. The lowest BCUT2D eigenvalue weighted by Gasteiger charge is -2.13. The van der Waals surface area contributed by atoms with Crippen LogP contribution in [0.2, 0.25) is 0 Å². The fourth-order valence-electron chi connectivity index (χ4n) is 2.51. The van der Waals surface area contributed by atoms with Crippen LogP contribution in [0.3, 0.4) is 0 Å². The first-order valence-electron chi connectivity index (χ1n) is 9.26. The number of guanidine groups is 1. The third-order valence-corrected chi connectivity index (χ3v) is 4.21. The highest BCUT2D eigenvalue weighted by Crippen LogP contribution is 2.22. The van der Waals surface area contributed by atoms with Gasteiger partial charge in [-0.25, -0.2) is 9.97 Å². The summed E-state index contributed by atoms with van der Waals surface area (Å²) in [5.74, 6) is 2.72. The Morgan fingerprint density at radius 2 is 1.79 bits per heavy atom. The van der Waals surface area contributed by atoms with Crippen molar-refractivity contribution in [2.45, 2.75) is 46.2 Å². The Morgan fingerprint density at radius 1 is 1.10 bits per heavy atom. The Hall–Kier alpha value is -2.36. The Labute approximate surface area is 188 Å². The average molecular weight is 509 g/mol. The van der Waals surface area contributed by atoms with E-state index in [9.17, 15) is 0 Å². The highest BCUT2D eigenvalue weighted by Gasteiger charge is 2.19. The van der Waals surface area contributed by atoms with Crippen LogP contribution < -0.4 is 10.6 Å². The molecule has 7 nitrogen and oxygen atoms in total. The van der Waals surface area contributed by atoms with Crippen molar-refractivity contribution >= 4 is 29.9 Å². The van der Waals surface area contributed by atoms with Crippen molar-refractivity contribution in [2.75, 3.05) is 7.05 Å². The molecule has 0 unspecified atom stereocenters. The van der Waals surface area contributed by atoms with Gasteiger partial charge in [0.2, 0.25) is 11.8 Å². The molecule has 0 atom stereocenters. The number of nitrogens with one attached hydrogen (secondary N) is 2. The van der Waals surface area contributed by atoms with E-state index in [-0.39, 0.29) is 29.4 Å². The van der Waals surface area contributed by atoms with Gasteiger partial charge in [-0.15, -0.1) is 24.0 Å². The molecule has 3 aromatic rings. The van der Waals surface area contributed by atoms with Gasteiger partial charge in [0.1, 0.15) is 12.0 Å². The van der Waals surface area contributed by atoms with Crippen LogP contribution in [0, 0.1) is 6.92 Å². The maximum Gasteiger partial charge on any atom is 0.226 e. The zero-order valence-corrected chi connectivity index (χ0v) is 19.8. The minimum atomic E-state index is -0.0622. The van der Waals surface area contributed by atoms with Gasteiger partial charge >= 0.3 is 0 Å². The van der Waals surface area contributed by atoms with E-state index in [1.807, 2.05) is 24.3 Å². The second-order valence-electron chi connectivity index (χ2n) is 7.66. The highest BCUT2D eigenvalue weighted by atomic mass is 127. The first kappa shape index (κ1) is 22.9. The Morgan fingerprint density at radius 3 is 2.41 bits per heavy atom. The van der Waals surface area contributed by atoms with Crippen LogP contribution in [0.15, 0.2) is 50.6 Å². The maximum absolute atomic E-state index is 5.78. The van der Waals surface area contributed by atoms with Gasteiger partial charge in [0, 0.05) is 18.0 Å². The lowest BCUT2D eigenvalue weighted by molar-refractivity contribution is 0.379. The normalized spacial score (nSPS) is 11.8. The molecule has 0 spiro atoms. The van der Waals surface area contributed by atoms with Crippen LogP contribution >= 0.6 is 24.0 Å². The van der Waals surface area contributed by atoms with Crippen LogP contribution in [0.25, 0.3) is 11.5 Å². The summed E-state index contributed by atoms with van der Waals surface area (Å²) >= 11 is 0. The predicted molar refractivity (Wildman–Crippen MR) is 124 cm³/mol. The molecule has 0 radical (unpaired) electrons. The quantitative estimate of drug-likeness (QED) is 0.301. The standard InChI is InChI=1S/C21H27N5O2.HI/c1-14-6-8-15(9-7-14)19-26-16(13-27-19)10-24-20(22-5)25-12-18-23-11-17(28-18)21(2,3)4;/h6-9,11,13H,10,12H2,1-5H3,(H2,22,24,25);1H. The smallest absolute Gasteiger partial charge is 0.226 e. The summed E-state index contributed by atoms with van der Waals surface area (Å²) in [6.07, 6.45) is 3.42. The van der Waals surface area contributed by atoms with Crippen molar-refractivity contribution in [3.05, 3.63) is 59.6 Å². The number of rotatable bonds is 5. The van der Waals surface area contributed by atoms with Crippen molar-refractivity contribution in [3.63, 3.8) is 0 Å². The summed E-state index contributed by atoms with van der Waals surface area (Å²) in [6.45, 7) is 9.27. The number of benzene rings is 1. The van der Waals surface area contributed by atoms with Crippen molar-refractivity contribution in [1.29, 1.82) is 0 Å². The second kappa shape index (κ2) is 9.91. The summed E-state index contributed by atoms with van der Waals surface area (Å²) in [5, 5.41) is 6.40. The van der Waals surface area contributed by atoms with Crippen LogP contribution in [-0.4, -0.2) is 23.0 Å². The molecule has 1 aromatic carbocycles. The molecule has 2 aromatic heterocycles. The number of aliphatic imine (C=N–C) groups is 1. The molecule has 0 aliphatic carbocycles. The second-order valence-corrected chi connectivity index (χ2v) is 7.66. The lowest BCUT2D eigenvalue weighted by atomic mass is 9.94. The number of nitrogens with zero attached hydrogens (tertiary/aromatic N) is 3. The summed E-state index contributed by atoms with van der Waals surface area (Å²) in [4.78, 5) is 13.0. The third-order valence-electron chi connectivity index (χ3n) is 4.21. The maximum atomic E-state index is 5.78. The van der Waals surface area contributed by atoms with E-state index in [0.29, 0.717) is 30.8 Å². The molecule has 0 fully saturated rings. The molecule has 8 heteroatoms. The molecular weight excluding hydrogens is 481 g/mol. The van der Waals surface area contributed by atoms with Gasteiger partial charge in [-0.3, -0.25) is 4.99 Å². The summed E-state index contributed by atoms with van der Waals surface area (Å²) in [5.41, 5.74) is 2.89. The van der Waals surface area contributed by atoms with Crippen LogP contribution in [0.4, 0.5) is 0 Å². The van der Waals surface area contributed by atoms with Crippen molar-refractivity contribution in [3.8, 4) is 11.5 Å². The largest absolute Gasteiger partial charge is 0.444 e. The summed E-state index contributed by atoms with van der Waals surface area (Å²) in [6, 6.07) is 8.08. The van der Waals surface area contributed by atoms with Gasteiger partial charge in [0.15, 0.2) is 5.96 Å². The van der Waals surface area contributed by atoms with Crippen LogP contribution in [0.5, 0.6) is 0 Å². The number of hydrogen-bond acceptors (Lipinski definition) is 5. The predicted octanol–water partition coefficient (Wildman–Crippen LogP) is 4.42. The van der Waals surface area contributed by atoms with Crippen molar-refractivity contribution in [1.82, 2.24) is 20.6 Å². The zero-order valence-electron chi connectivity index (χ0n) is 17.4. The van der Waals surface area contributed by atoms with E-state index in [2.05, 4.69) is 53.3 Å². The number of aromatic nitrogens is 2. The van der Waals surface area contributed by atoms with Gasteiger partial charge in [0.25, 0.3) is 0 Å². The van der Waals surface area contributed by atoms with Gasteiger partial charge in [-0.2, -0.15) is 0 Å².